The summed E-state index contributed by atoms with van der Waals surface area (Å²) in [6.07, 6.45) is 3.90. The zero-order valence-corrected chi connectivity index (χ0v) is 13.3. The van der Waals surface area contributed by atoms with Gasteiger partial charge >= 0.3 is 5.97 Å². The Bertz CT molecular complexity index is 468. The molecule has 0 radical (unpaired) electrons. The summed E-state index contributed by atoms with van der Waals surface area (Å²) in [6.45, 7) is 5.62. The Labute approximate surface area is 130 Å². The standard InChI is InChI=1S/C17H22O3S/c1-14(2)16(18)20-12-8-3-4-9-13-21-17(19)15-10-6-5-7-11-15/h5-7,10-11H,1,3-4,8-9,12-13H2,2H3. The van der Waals surface area contributed by atoms with E-state index in [0.29, 0.717) is 12.2 Å². The van der Waals surface area contributed by atoms with Crippen molar-refractivity contribution in [2.45, 2.75) is 32.6 Å². The fourth-order valence-electron chi connectivity index (χ4n) is 1.67. The van der Waals surface area contributed by atoms with Crippen molar-refractivity contribution in [1.82, 2.24) is 0 Å². The predicted octanol–water partition coefficient (Wildman–Crippen LogP) is 4.24. The fraction of sp³-hybridized carbons (Fsp3) is 0.412. The lowest BCUT2D eigenvalue weighted by molar-refractivity contribution is -0.139. The molecule has 0 atom stereocenters. The molecule has 4 heteroatoms. The van der Waals surface area contributed by atoms with Crippen LogP contribution < -0.4 is 0 Å². The molecule has 0 N–H and O–H groups in total. The normalized spacial score (nSPS) is 10.1. The zero-order chi connectivity index (χ0) is 15.5. The van der Waals surface area contributed by atoms with E-state index in [1.54, 1.807) is 6.92 Å². The van der Waals surface area contributed by atoms with E-state index in [1.807, 2.05) is 30.3 Å². The van der Waals surface area contributed by atoms with Gasteiger partial charge in [0, 0.05) is 16.9 Å². The number of ether oxygens (including phenoxy) is 1. The first-order chi connectivity index (χ1) is 10.1. The van der Waals surface area contributed by atoms with Crippen LogP contribution in [0, 0.1) is 0 Å². The summed E-state index contributed by atoms with van der Waals surface area (Å²) in [5.41, 5.74) is 1.19. The molecule has 0 aliphatic rings. The molecule has 1 aromatic rings. The molecule has 0 aromatic heterocycles. The van der Waals surface area contributed by atoms with Gasteiger partial charge in [0.25, 0.3) is 0 Å². The number of esters is 1. The van der Waals surface area contributed by atoms with Crippen LogP contribution >= 0.6 is 11.8 Å². The Morgan fingerprint density at radius 1 is 1.10 bits per heavy atom. The maximum Gasteiger partial charge on any atom is 0.333 e. The van der Waals surface area contributed by atoms with Gasteiger partial charge in [0.15, 0.2) is 0 Å². The van der Waals surface area contributed by atoms with Crippen LogP contribution in [0.25, 0.3) is 0 Å². The van der Waals surface area contributed by atoms with Crippen LogP contribution in [-0.4, -0.2) is 23.4 Å². The first kappa shape index (κ1) is 17.5. The molecular formula is C17H22O3S. The van der Waals surface area contributed by atoms with Crippen LogP contribution in [0.5, 0.6) is 0 Å². The minimum absolute atomic E-state index is 0.131. The highest BCUT2D eigenvalue weighted by atomic mass is 32.2. The van der Waals surface area contributed by atoms with Crippen molar-refractivity contribution in [2.24, 2.45) is 0 Å². The number of hydrogen-bond acceptors (Lipinski definition) is 4. The van der Waals surface area contributed by atoms with Gasteiger partial charge in [-0.1, -0.05) is 61.5 Å². The molecule has 0 bridgehead atoms. The van der Waals surface area contributed by atoms with Crippen molar-refractivity contribution >= 4 is 22.8 Å². The largest absolute Gasteiger partial charge is 0.462 e. The van der Waals surface area contributed by atoms with Gasteiger partial charge in [0.1, 0.15) is 0 Å². The second kappa shape index (κ2) is 10.2. The lowest BCUT2D eigenvalue weighted by Gasteiger charge is -2.04. The van der Waals surface area contributed by atoms with Crippen molar-refractivity contribution in [3.8, 4) is 0 Å². The van der Waals surface area contributed by atoms with Crippen LogP contribution in [0.4, 0.5) is 0 Å². The fourth-order valence-corrected chi connectivity index (χ4v) is 2.50. The molecule has 114 valence electrons. The topological polar surface area (TPSA) is 43.4 Å². The molecule has 0 aliphatic carbocycles. The van der Waals surface area contributed by atoms with Crippen molar-refractivity contribution < 1.29 is 14.3 Å². The van der Waals surface area contributed by atoms with E-state index in [2.05, 4.69) is 6.58 Å². The Morgan fingerprint density at radius 3 is 2.43 bits per heavy atom. The Kier molecular flexibility index (Phi) is 8.51. The minimum atomic E-state index is -0.320. The van der Waals surface area contributed by atoms with Gasteiger partial charge in [-0.15, -0.1) is 0 Å². The molecule has 0 fully saturated rings. The quantitative estimate of drug-likeness (QED) is 0.389. The first-order valence-electron chi connectivity index (χ1n) is 7.16. The average molecular weight is 306 g/mol. The third-order valence-electron chi connectivity index (χ3n) is 2.86. The second-order valence-corrected chi connectivity index (χ2v) is 5.90. The predicted molar refractivity (Wildman–Crippen MR) is 87.5 cm³/mol. The van der Waals surface area contributed by atoms with Crippen LogP contribution in [0.3, 0.4) is 0 Å². The number of hydrogen-bond donors (Lipinski definition) is 0. The van der Waals surface area contributed by atoms with E-state index in [-0.39, 0.29) is 11.1 Å². The maximum absolute atomic E-state index is 11.8. The van der Waals surface area contributed by atoms with Gasteiger partial charge in [-0.3, -0.25) is 4.79 Å². The molecule has 0 aliphatic heterocycles. The molecule has 3 nitrogen and oxygen atoms in total. The monoisotopic (exact) mass is 306 g/mol. The highest BCUT2D eigenvalue weighted by Crippen LogP contribution is 2.14. The second-order valence-electron chi connectivity index (χ2n) is 4.83. The lowest BCUT2D eigenvalue weighted by atomic mass is 10.2. The summed E-state index contributed by atoms with van der Waals surface area (Å²) in [5, 5.41) is 0.131. The Hall–Kier alpha value is -1.55. The molecule has 0 saturated heterocycles. The molecule has 0 amide bonds. The molecule has 0 heterocycles. The van der Waals surface area contributed by atoms with E-state index < -0.39 is 0 Å². The minimum Gasteiger partial charge on any atom is -0.462 e. The lowest BCUT2D eigenvalue weighted by Crippen LogP contribution is -2.06. The van der Waals surface area contributed by atoms with E-state index >= 15 is 0 Å². The number of benzene rings is 1. The van der Waals surface area contributed by atoms with Crippen LogP contribution in [0.1, 0.15) is 43.0 Å². The van der Waals surface area contributed by atoms with E-state index in [9.17, 15) is 9.59 Å². The Balaban J connectivity index is 1.99. The zero-order valence-electron chi connectivity index (χ0n) is 12.5. The molecule has 0 saturated carbocycles. The van der Waals surface area contributed by atoms with Gasteiger partial charge in [0.05, 0.1) is 6.61 Å². The summed E-state index contributed by atoms with van der Waals surface area (Å²) in [5.74, 6) is 0.512. The number of carbonyl (C=O) groups is 2. The SMILES string of the molecule is C=C(C)C(=O)OCCCCCCSC(=O)c1ccccc1. The van der Waals surface area contributed by atoms with Crippen LogP contribution in [0.15, 0.2) is 42.5 Å². The van der Waals surface area contributed by atoms with Gasteiger partial charge in [-0.25, -0.2) is 4.79 Å². The highest BCUT2D eigenvalue weighted by Gasteiger charge is 2.05. The molecule has 1 aromatic carbocycles. The smallest absolute Gasteiger partial charge is 0.333 e. The van der Waals surface area contributed by atoms with Gasteiger partial charge in [-0.2, -0.15) is 0 Å². The van der Waals surface area contributed by atoms with Crippen LogP contribution in [0.2, 0.25) is 0 Å². The summed E-state index contributed by atoms with van der Waals surface area (Å²) < 4.78 is 5.01. The van der Waals surface area contributed by atoms with Gasteiger partial charge < -0.3 is 4.74 Å². The third-order valence-corrected chi connectivity index (χ3v) is 3.85. The van der Waals surface area contributed by atoms with Crippen molar-refractivity contribution in [2.75, 3.05) is 12.4 Å². The maximum atomic E-state index is 11.8. The first-order valence-corrected chi connectivity index (χ1v) is 8.14. The molecule has 0 spiro atoms. The third kappa shape index (κ3) is 7.71. The van der Waals surface area contributed by atoms with Crippen molar-refractivity contribution in [1.29, 1.82) is 0 Å². The average Bonchev–Trinajstić information content (AvgIpc) is 2.50. The van der Waals surface area contributed by atoms with Crippen molar-refractivity contribution in [3.05, 3.63) is 48.0 Å². The molecule has 0 unspecified atom stereocenters. The van der Waals surface area contributed by atoms with E-state index in [1.165, 1.54) is 11.8 Å². The Morgan fingerprint density at radius 2 is 1.76 bits per heavy atom. The number of unbranched alkanes of at least 4 members (excludes halogenated alkanes) is 3. The van der Waals surface area contributed by atoms with E-state index in [0.717, 1.165) is 37.0 Å². The summed E-state index contributed by atoms with van der Waals surface area (Å²) in [7, 11) is 0. The van der Waals surface area contributed by atoms with Crippen LogP contribution in [-0.2, 0) is 9.53 Å². The summed E-state index contributed by atoms with van der Waals surface area (Å²) in [6, 6.07) is 9.33. The highest BCUT2D eigenvalue weighted by molar-refractivity contribution is 8.14. The number of carbonyl (C=O) groups excluding carboxylic acids is 2. The van der Waals surface area contributed by atoms with Gasteiger partial charge in [-0.05, 0) is 19.8 Å². The molecule has 1 rings (SSSR count). The van der Waals surface area contributed by atoms with Crippen molar-refractivity contribution in [3.63, 3.8) is 0 Å². The summed E-state index contributed by atoms with van der Waals surface area (Å²) >= 11 is 1.37. The van der Waals surface area contributed by atoms with E-state index in [4.69, 9.17) is 4.74 Å². The molecular weight excluding hydrogens is 284 g/mol. The molecule has 21 heavy (non-hydrogen) atoms. The summed E-state index contributed by atoms with van der Waals surface area (Å²) in [4.78, 5) is 22.9. The van der Waals surface area contributed by atoms with Gasteiger partial charge in [0.2, 0.25) is 5.12 Å². The number of thioether (sulfide) groups is 1. The number of rotatable bonds is 9.